The fraction of sp³-hybridized carbons (Fsp3) is 0.200. The molecule has 100 valence electrons. The second-order valence-electron chi connectivity index (χ2n) is 4.37. The maximum Gasteiger partial charge on any atom is 0.126 e. The minimum atomic E-state index is -0.359. The summed E-state index contributed by atoms with van der Waals surface area (Å²) < 4.78 is 31.9. The molecule has 0 amide bonds. The van der Waals surface area contributed by atoms with Crippen LogP contribution < -0.4 is 10.5 Å². The first-order valence-electron chi connectivity index (χ1n) is 5.96. The highest BCUT2D eigenvalue weighted by Crippen LogP contribution is 2.20. The van der Waals surface area contributed by atoms with Crippen LogP contribution in [0.2, 0.25) is 0 Å². The molecule has 2 nitrogen and oxygen atoms in total. The molecular formula is C15H15F2NO. The highest BCUT2D eigenvalue weighted by atomic mass is 19.1. The van der Waals surface area contributed by atoms with Crippen LogP contribution in [0, 0.1) is 18.6 Å². The Balaban J connectivity index is 2.14. The largest absolute Gasteiger partial charge is 0.489 e. The van der Waals surface area contributed by atoms with Gasteiger partial charge in [0.1, 0.15) is 24.0 Å². The van der Waals surface area contributed by atoms with Crippen molar-refractivity contribution in [2.75, 3.05) is 0 Å². The van der Waals surface area contributed by atoms with Gasteiger partial charge in [0.15, 0.2) is 0 Å². The number of benzene rings is 2. The zero-order valence-electron chi connectivity index (χ0n) is 10.6. The Hall–Kier alpha value is -1.94. The van der Waals surface area contributed by atoms with Crippen LogP contribution in [0.25, 0.3) is 0 Å². The summed E-state index contributed by atoms with van der Waals surface area (Å²) in [5.74, 6) is -0.251. The molecule has 2 rings (SSSR count). The first kappa shape index (κ1) is 13.5. The first-order chi connectivity index (χ1) is 9.08. The Bertz CT molecular complexity index is 584. The van der Waals surface area contributed by atoms with Gasteiger partial charge in [-0.3, -0.25) is 0 Å². The van der Waals surface area contributed by atoms with Crippen LogP contribution in [0.5, 0.6) is 5.75 Å². The molecule has 0 bridgehead atoms. The average molecular weight is 263 g/mol. The van der Waals surface area contributed by atoms with Crippen molar-refractivity contribution < 1.29 is 13.5 Å². The molecule has 0 radical (unpaired) electrons. The van der Waals surface area contributed by atoms with Crippen molar-refractivity contribution in [3.63, 3.8) is 0 Å². The summed E-state index contributed by atoms with van der Waals surface area (Å²) in [5.41, 5.74) is 7.69. The molecule has 2 N–H and O–H groups in total. The molecule has 0 aromatic heterocycles. The summed E-state index contributed by atoms with van der Waals surface area (Å²) in [4.78, 5) is 0. The highest BCUT2D eigenvalue weighted by molar-refractivity contribution is 5.33. The fourth-order valence-corrected chi connectivity index (χ4v) is 1.81. The second-order valence-corrected chi connectivity index (χ2v) is 4.37. The van der Waals surface area contributed by atoms with E-state index in [-0.39, 0.29) is 24.8 Å². The number of aryl methyl sites for hydroxylation is 1. The summed E-state index contributed by atoms with van der Waals surface area (Å²) in [7, 11) is 0. The van der Waals surface area contributed by atoms with Gasteiger partial charge in [0, 0.05) is 12.6 Å². The van der Waals surface area contributed by atoms with Crippen molar-refractivity contribution in [1.29, 1.82) is 0 Å². The lowest BCUT2D eigenvalue weighted by Gasteiger charge is -2.10. The van der Waals surface area contributed by atoms with Crippen molar-refractivity contribution in [2.24, 2.45) is 5.73 Å². The topological polar surface area (TPSA) is 35.2 Å². The summed E-state index contributed by atoms with van der Waals surface area (Å²) in [6, 6.07) is 8.87. The lowest BCUT2D eigenvalue weighted by Crippen LogP contribution is -2.02. The SMILES string of the molecule is Cc1ccc(F)cc1OCc1cc(F)cc(CN)c1. The third-order valence-corrected chi connectivity index (χ3v) is 2.80. The normalized spacial score (nSPS) is 10.5. The fourth-order valence-electron chi connectivity index (χ4n) is 1.81. The van der Waals surface area contributed by atoms with Crippen LogP contribution in [-0.4, -0.2) is 0 Å². The standard InChI is InChI=1S/C15H15F2NO/c1-10-2-3-13(16)7-15(10)19-9-12-4-11(8-18)5-14(17)6-12/h2-7H,8-9,18H2,1H3. The summed E-state index contributed by atoms with van der Waals surface area (Å²) >= 11 is 0. The number of halogens is 2. The van der Waals surface area contributed by atoms with Crippen molar-refractivity contribution in [1.82, 2.24) is 0 Å². The predicted octanol–water partition coefficient (Wildman–Crippen LogP) is 3.31. The zero-order valence-corrected chi connectivity index (χ0v) is 10.6. The third kappa shape index (κ3) is 3.51. The smallest absolute Gasteiger partial charge is 0.126 e. The Morgan fingerprint density at radius 2 is 1.74 bits per heavy atom. The van der Waals surface area contributed by atoms with Crippen LogP contribution in [0.15, 0.2) is 36.4 Å². The van der Waals surface area contributed by atoms with Crippen LogP contribution in [0.3, 0.4) is 0 Å². The van der Waals surface area contributed by atoms with Crippen LogP contribution >= 0.6 is 0 Å². The second kappa shape index (κ2) is 5.80. The lowest BCUT2D eigenvalue weighted by molar-refractivity contribution is 0.301. The number of hydrogen-bond donors (Lipinski definition) is 1. The van der Waals surface area contributed by atoms with Gasteiger partial charge in [0.2, 0.25) is 0 Å². The quantitative estimate of drug-likeness (QED) is 0.918. The molecule has 4 heteroatoms. The molecule has 2 aromatic rings. The third-order valence-electron chi connectivity index (χ3n) is 2.80. The average Bonchev–Trinajstić information content (AvgIpc) is 2.39. The van der Waals surface area contributed by atoms with E-state index < -0.39 is 0 Å². The molecule has 0 heterocycles. The minimum absolute atomic E-state index is 0.176. The van der Waals surface area contributed by atoms with Crippen molar-refractivity contribution >= 4 is 0 Å². The number of rotatable bonds is 4. The van der Waals surface area contributed by atoms with Gasteiger partial charge < -0.3 is 10.5 Å². The Morgan fingerprint density at radius 1 is 1.00 bits per heavy atom. The van der Waals surface area contributed by atoms with Crippen LogP contribution in [0.4, 0.5) is 8.78 Å². The van der Waals surface area contributed by atoms with Gasteiger partial charge in [0.25, 0.3) is 0 Å². The number of ether oxygens (including phenoxy) is 1. The first-order valence-corrected chi connectivity index (χ1v) is 5.96. The van der Waals surface area contributed by atoms with E-state index >= 15 is 0 Å². The van der Waals surface area contributed by atoms with E-state index in [1.165, 1.54) is 24.3 Å². The van der Waals surface area contributed by atoms with Gasteiger partial charge in [-0.1, -0.05) is 12.1 Å². The van der Waals surface area contributed by atoms with E-state index in [0.29, 0.717) is 16.9 Å². The molecule has 0 saturated carbocycles. The van der Waals surface area contributed by atoms with E-state index in [0.717, 1.165) is 5.56 Å². The van der Waals surface area contributed by atoms with Gasteiger partial charge >= 0.3 is 0 Å². The van der Waals surface area contributed by atoms with Gasteiger partial charge in [-0.25, -0.2) is 8.78 Å². The maximum atomic E-state index is 13.3. The van der Waals surface area contributed by atoms with E-state index in [2.05, 4.69) is 0 Å². The van der Waals surface area contributed by atoms with Gasteiger partial charge in [-0.05, 0) is 41.8 Å². The molecule has 0 aliphatic heterocycles. The molecule has 2 aromatic carbocycles. The van der Waals surface area contributed by atoms with Gasteiger partial charge in [-0.2, -0.15) is 0 Å². The highest BCUT2D eigenvalue weighted by Gasteiger charge is 2.04. The minimum Gasteiger partial charge on any atom is -0.489 e. The van der Waals surface area contributed by atoms with E-state index in [9.17, 15) is 8.78 Å². The molecule has 0 unspecified atom stereocenters. The van der Waals surface area contributed by atoms with Crippen molar-refractivity contribution in [3.05, 3.63) is 64.7 Å². The Morgan fingerprint density at radius 3 is 2.47 bits per heavy atom. The van der Waals surface area contributed by atoms with Gasteiger partial charge in [0.05, 0.1) is 0 Å². The van der Waals surface area contributed by atoms with Crippen LogP contribution in [-0.2, 0) is 13.2 Å². The van der Waals surface area contributed by atoms with Crippen molar-refractivity contribution in [2.45, 2.75) is 20.1 Å². The lowest BCUT2D eigenvalue weighted by atomic mass is 10.1. The molecule has 0 atom stereocenters. The summed E-state index contributed by atoms with van der Waals surface area (Å²) in [5, 5.41) is 0. The molecule has 0 saturated heterocycles. The summed E-state index contributed by atoms with van der Waals surface area (Å²) in [6.07, 6.45) is 0. The molecule has 0 aliphatic rings. The molecule has 19 heavy (non-hydrogen) atoms. The predicted molar refractivity (Wildman–Crippen MR) is 69.8 cm³/mol. The van der Waals surface area contributed by atoms with E-state index in [1.54, 1.807) is 12.1 Å². The molecule has 0 spiro atoms. The van der Waals surface area contributed by atoms with Crippen molar-refractivity contribution in [3.8, 4) is 5.75 Å². The molecule has 0 fully saturated rings. The monoisotopic (exact) mass is 263 g/mol. The van der Waals surface area contributed by atoms with Gasteiger partial charge in [-0.15, -0.1) is 0 Å². The number of hydrogen-bond acceptors (Lipinski definition) is 2. The number of nitrogens with two attached hydrogens (primary N) is 1. The maximum absolute atomic E-state index is 13.3. The van der Waals surface area contributed by atoms with E-state index in [1.807, 2.05) is 6.92 Å². The zero-order chi connectivity index (χ0) is 13.8. The van der Waals surface area contributed by atoms with E-state index in [4.69, 9.17) is 10.5 Å². The molecule has 0 aliphatic carbocycles. The Labute approximate surface area is 110 Å². The summed E-state index contributed by atoms with van der Waals surface area (Å²) in [6.45, 7) is 2.27. The van der Waals surface area contributed by atoms with Crippen LogP contribution in [0.1, 0.15) is 16.7 Å². The molecular weight excluding hydrogens is 248 g/mol. The Kier molecular flexibility index (Phi) is 4.12.